The molecule has 5 N–H and O–H groups in total. The van der Waals surface area contributed by atoms with Crippen LogP contribution in [0.25, 0.3) is 22.3 Å². The van der Waals surface area contributed by atoms with Gasteiger partial charge in [0.25, 0.3) is 0 Å². The Kier molecular flexibility index (Phi) is 6.04. The van der Waals surface area contributed by atoms with Gasteiger partial charge in [-0.1, -0.05) is 0 Å². The Bertz CT molecular complexity index is 1150. The highest BCUT2D eigenvalue weighted by atomic mass is 16.7. The van der Waals surface area contributed by atoms with E-state index in [0.717, 1.165) is 6.07 Å². The molecule has 0 amide bonds. The molecule has 2 aromatic carbocycles. The molecule has 1 aromatic heterocycles. The second-order valence-corrected chi connectivity index (χ2v) is 7.33. The number of hydrogen-bond acceptors (Lipinski definition) is 10. The van der Waals surface area contributed by atoms with E-state index in [1.165, 1.54) is 19.2 Å². The number of hydrogen-bond donors (Lipinski definition) is 5. The highest BCUT2D eigenvalue weighted by Gasteiger charge is 2.44. The molecule has 0 saturated carbocycles. The number of benzene rings is 2. The van der Waals surface area contributed by atoms with Crippen molar-refractivity contribution in [1.82, 2.24) is 0 Å². The molecule has 2 heterocycles. The second-order valence-electron chi connectivity index (χ2n) is 7.33. The highest BCUT2D eigenvalue weighted by molar-refractivity contribution is 5.86. The zero-order chi connectivity index (χ0) is 23.0. The van der Waals surface area contributed by atoms with E-state index in [9.17, 15) is 30.3 Å². The molecule has 3 aromatic rings. The summed E-state index contributed by atoms with van der Waals surface area (Å²) in [6, 6.07) is 10.5. The summed E-state index contributed by atoms with van der Waals surface area (Å²) in [5, 5.41) is 49.6. The number of fused-ring (bicyclic) bond motifs is 1. The molecule has 1 aliphatic rings. The summed E-state index contributed by atoms with van der Waals surface area (Å²) >= 11 is 0. The van der Waals surface area contributed by atoms with Gasteiger partial charge in [0.1, 0.15) is 58.4 Å². The molecule has 10 nitrogen and oxygen atoms in total. The Balaban J connectivity index is 1.69. The van der Waals surface area contributed by atoms with Crippen LogP contribution in [0.1, 0.15) is 0 Å². The van der Waals surface area contributed by atoms with Crippen molar-refractivity contribution in [3.8, 4) is 28.6 Å². The number of aromatic hydroxyl groups is 1. The van der Waals surface area contributed by atoms with Crippen molar-refractivity contribution < 1.29 is 44.2 Å². The molecule has 4 rings (SSSR count). The van der Waals surface area contributed by atoms with Gasteiger partial charge in [0.2, 0.25) is 6.29 Å². The molecule has 1 fully saturated rings. The van der Waals surface area contributed by atoms with Crippen LogP contribution in [-0.4, -0.2) is 70.0 Å². The van der Waals surface area contributed by atoms with Gasteiger partial charge in [-0.3, -0.25) is 4.79 Å². The Morgan fingerprint density at radius 2 is 1.69 bits per heavy atom. The maximum absolute atomic E-state index is 12.6. The van der Waals surface area contributed by atoms with E-state index in [1.54, 1.807) is 24.3 Å². The number of rotatable bonds is 5. The molecule has 0 bridgehead atoms. The van der Waals surface area contributed by atoms with Crippen molar-refractivity contribution in [2.75, 3.05) is 13.7 Å². The lowest BCUT2D eigenvalue weighted by molar-refractivity contribution is -0.277. The average molecular weight is 446 g/mol. The van der Waals surface area contributed by atoms with Crippen LogP contribution in [0.4, 0.5) is 0 Å². The summed E-state index contributed by atoms with van der Waals surface area (Å²) < 4.78 is 21.8. The van der Waals surface area contributed by atoms with Gasteiger partial charge in [0.15, 0.2) is 5.43 Å². The summed E-state index contributed by atoms with van der Waals surface area (Å²) in [5.41, 5.74) is 0.140. The quantitative estimate of drug-likeness (QED) is 0.370. The summed E-state index contributed by atoms with van der Waals surface area (Å²) in [6.07, 6.45) is -7.42. The van der Waals surface area contributed by atoms with Gasteiger partial charge in [-0.05, 0) is 24.3 Å². The van der Waals surface area contributed by atoms with E-state index in [0.29, 0.717) is 11.3 Å². The number of phenolic OH excluding ortho intramolecular Hbond substituents is 1. The van der Waals surface area contributed by atoms with E-state index < -0.39 is 48.5 Å². The first-order chi connectivity index (χ1) is 15.3. The smallest absolute Gasteiger partial charge is 0.229 e. The predicted molar refractivity (Wildman–Crippen MR) is 111 cm³/mol. The largest absolute Gasteiger partial charge is 0.507 e. The van der Waals surface area contributed by atoms with Crippen molar-refractivity contribution in [1.29, 1.82) is 0 Å². The number of phenols is 1. The third kappa shape index (κ3) is 4.01. The molecule has 32 heavy (non-hydrogen) atoms. The van der Waals surface area contributed by atoms with Gasteiger partial charge in [0, 0.05) is 23.8 Å². The lowest BCUT2D eigenvalue weighted by Gasteiger charge is -2.39. The maximum Gasteiger partial charge on any atom is 0.229 e. The first-order valence-corrected chi connectivity index (χ1v) is 9.75. The molecular weight excluding hydrogens is 424 g/mol. The SMILES string of the molecule is COc1ccc(-c2cc(=O)c3c(O)cc(OC4O[C@@H](CO)[C@H](O)[C@@H](O)[C@@H]4O)cc3o2)cc1. The molecule has 0 spiro atoms. The van der Waals surface area contributed by atoms with E-state index in [-0.39, 0.29) is 22.5 Å². The minimum atomic E-state index is -1.64. The Labute approximate surface area is 181 Å². The van der Waals surface area contributed by atoms with Crippen LogP contribution >= 0.6 is 0 Å². The van der Waals surface area contributed by atoms with Crippen LogP contribution in [0.5, 0.6) is 17.2 Å². The molecule has 0 aliphatic carbocycles. The minimum Gasteiger partial charge on any atom is -0.507 e. The fourth-order valence-corrected chi connectivity index (χ4v) is 3.51. The summed E-state index contributed by atoms with van der Waals surface area (Å²) in [7, 11) is 1.53. The molecule has 1 unspecified atom stereocenters. The predicted octanol–water partition coefficient (Wildman–Crippen LogP) is 0.353. The standard InChI is InChI=1S/C22H22O10/c1-29-11-4-2-10(3-5-11)15-8-14(25)18-13(24)6-12(7-16(18)31-15)30-22-21(28)20(27)19(26)17(9-23)32-22/h2-8,17,19-24,26-28H,9H2,1H3/t17-,19-,20+,21-,22?/m0/s1. The Morgan fingerprint density at radius 3 is 2.34 bits per heavy atom. The highest BCUT2D eigenvalue weighted by Crippen LogP contribution is 2.33. The van der Waals surface area contributed by atoms with Crippen molar-refractivity contribution in [3.63, 3.8) is 0 Å². The lowest BCUT2D eigenvalue weighted by Crippen LogP contribution is -2.60. The summed E-state index contributed by atoms with van der Waals surface area (Å²) in [6.45, 7) is -0.617. The van der Waals surface area contributed by atoms with Crippen LogP contribution < -0.4 is 14.9 Å². The molecule has 10 heteroatoms. The topological polar surface area (TPSA) is 159 Å². The lowest BCUT2D eigenvalue weighted by atomic mass is 9.99. The number of methoxy groups -OCH3 is 1. The molecule has 170 valence electrons. The minimum absolute atomic E-state index is 0.0166. The first-order valence-electron chi connectivity index (χ1n) is 9.75. The van der Waals surface area contributed by atoms with Crippen molar-refractivity contribution >= 4 is 11.0 Å². The van der Waals surface area contributed by atoms with Gasteiger partial charge in [-0.25, -0.2) is 0 Å². The Morgan fingerprint density at radius 1 is 0.969 bits per heavy atom. The van der Waals surface area contributed by atoms with E-state index in [4.69, 9.17) is 18.6 Å². The van der Waals surface area contributed by atoms with Crippen LogP contribution in [-0.2, 0) is 4.74 Å². The molecule has 5 atom stereocenters. The zero-order valence-corrected chi connectivity index (χ0v) is 16.9. The van der Waals surface area contributed by atoms with Crippen molar-refractivity contribution in [2.24, 2.45) is 0 Å². The monoisotopic (exact) mass is 446 g/mol. The van der Waals surface area contributed by atoms with E-state index >= 15 is 0 Å². The summed E-state index contributed by atoms with van der Waals surface area (Å²) in [4.78, 5) is 12.6. The number of aliphatic hydroxyl groups excluding tert-OH is 4. The number of ether oxygens (including phenoxy) is 3. The van der Waals surface area contributed by atoms with Crippen molar-refractivity contribution in [2.45, 2.75) is 30.7 Å². The molecule has 1 aliphatic heterocycles. The third-order valence-electron chi connectivity index (χ3n) is 5.26. The molecular formula is C22H22O10. The average Bonchev–Trinajstić information content (AvgIpc) is 2.79. The van der Waals surface area contributed by atoms with E-state index in [2.05, 4.69) is 0 Å². The van der Waals surface area contributed by atoms with Crippen LogP contribution in [0, 0.1) is 0 Å². The van der Waals surface area contributed by atoms with Crippen LogP contribution in [0.15, 0.2) is 51.7 Å². The molecule has 0 radical (unpaired) electrons. The fraction of sp³-hybridized carbons (Fsp3) is 0.318. The third-order valence-corrected chi connectivity index (χ3v) is 5.26. The van der Waals surface area contributed by atoms with E-state index in [1.807, 2.05) is 0 Å². The van der Waals surface area contributed by atoms with Crippen LogP contribution in [0.2, 0.25) is 0 Å². The zero-order valence-electron chi connectivity index (χ0n) is 16.9. The Hall–Kier alpha value is -3.15. The van der Waals surface area contributed by atoms with Gasteiger partial charge >= 0.3 is 0 Å². The normalized spacial score (nSPS) is 25.6. The molecule has 1 saturated heterocycles. The fourth-order valence-electron chi connectivity index (χ4n) is 3.51. The van der Waals surface area contributed by atoms with Gasteiger partial charge in [0.05, 0.1) is 13.7 Å². The van der Waals surface area contributed by atoms with Gasteiger partial charge < -0.3 is 44.2 Å². The number of aliphatic hydroxyl groups is 4. The first kappa shape index (κ1) is 22.1. The maximum atomic E-state index is 12.6. The van der Waals surface area contributed by atoms with Crippen LogP contribution in [0.3, 0.4) is 0 Å². The van der Waals surface area contributed by atoms with Crippen molar-refractivity contribution in [3.05, 3.63) is 52.7 Å². The second kappa shape index (κ2) is 8.77. The van der Waals surface area contributed by atoms with Gasteiger partial charge in [-0.15, -0.1) is 0 Å². The summed E-state index contributed by atoms with van der Waals surface area (Å²) in [5.74, 6) is 0.422. The van der Waals surface area contributed by atoms with Gasteiger partial charge in [-0.2, -0.15) is 0 Å².